The minimum absolute atomic E-state index is 0.0117. The maximum atomic E-state index is 12.3. The number of carbonyl (C=O) groups is 2. The van der Waals surface area contributed by atoms with Crippen LogP contribution in [0.3, 0.4) is 0 Å². The minimum Gasteiger partial charge on any atom is -0.481 e. The lowest BCUT2D eigenvalue weighted by Gasteiger charge is -2.15. The number of rotatable bonds is 8. The number of ketones is 1. The predicted molar refractivity (Wildman–Crippen MR) is 79.2 cm³/mol. The first kappa shape index (κ1) is 16.4. The third-order valence-electron chi connectivity index (χ3n) is 3.69. The summed E-state index contributed by atoms with van der Waals surface area (Å²) in [7, 11) is 1.68. The highest BCUT2D eigenvalue weighted by molar-refractivity contribution is 6.00. The quantitative estimate of drug-likeness (QED) is 0.717. The number of carbonyl (C=O) groups excluding carboxylic acids is 1. The normalized spacial score (nSPS) is 13.8. The number of hydrogen-bond acceptors (Lipinski definition) is 3. The molecular weight excluding hydrogens is 254 g/mol. The highest BCUT2D eigenvalue weighted by atomic mass is 16.4. The number of benzene rings is 1. The minimum atomic E-state index is -0.884. The Bertz CT molecular complexity index is 453. The van der Waals surface area contributed by atoms with Gasteiger partial charge >= 0.3 is 5.97 Å². The van der Waals surface area contributed by atoms with Crippen molar-refractivity contribution in [3.8, 4) is 0 Å². The average molecular weight is 277 g/mol. The van der Waals surface area contributed by atoms with Crippen molar-refractivity contribution in [2.75, 3.05) is 7.05 Å². The first-order valence-corrected chi connectivity index (χ1v) is 7.02. The summed E-state index contributed by atoms with van der Waals surface area (Å²) in [5.74, 6) is -0.458. The van der Waals surface area contributed by atoms with E-state index in [1.807, 2.05) is 24.3 Å². The zero-order valence-electron chi connectivity index (χ0n) is 12.3. The Labute approximate surface area is 120 Å². The van der Waals surface area contributed by atoms with Crippen LogP contribution in [0.4, 0.5) is 0 Å². The van der Waals surface area contributed by atoms with E-state index in [0.717, 1.165) is 6.42 Å². The molecule has 1 aromatic rings. The standard InChI is InChI=1S/C16H23NO3/c1-4-11(2)12-5-7-13(8-6-12)16(20)14(17-3)9-10-15(18)19/h5-8,11,14,17H,4,9-10H2,1-3H3,(H,18,19). The fraction of sp³-hybridized carbons (Fsp3) is 0.500. The van der Waals surface area contributed by atoms with Gasteiger partial charge in [-0.1, -0.05) is 38.1 Å². The zero-order chi connectivity index (χ0) is 15.1. The molecule has 0 saturated carbocycles. The second-order valence-corrected chi connectivity index (χ2v) is 5.07. The van der Waals surface area contributed by atoms with Gasteiger partial charge < -0.3 is 10.4 Å². The molecular formula is C16H23NO3. The Balaban J connectivity index is 2.77. The van der Waals surface area contributed by atoms with Gasteiger partial charge in [0.05, 0.1) is 6.04 Å². The van der Waals surface area contributed by atoms with E-state index in [1.165, 1.54) is 5.56 Å². The van der Waals surface area contributed by atoms with Crippen LogP contribution < -0.4 is 5.32 Å². The van der Waals surface area contributed by atoms with Crippen LogP contribution >= 0.6 is 0 Å². The Morgan fingerprint density at radius 1 is 1.25 bits per heavy atom. The molecule has 0 bridgehead atoms. The molecule has 4 nitrogen and oxygen atoms in total. The summed E-state index contributed by atoms with van der Waals surface area (Å²) >= 11 is 0. The number of likely N-dealkylation sites (N-methyl/N-ethyl adjacent to an activating group) is 1. The molecule has 4 heteroatoms. The summed E-state index contributed by atoms with van der Waals surface area (Å²) < 4.78 is 0. The van der Waals surface area contributed by atoms with Crippen LogP contribution in [0, 0.1) is 0 Å². The van der Waals surface area contributed by atoms with Crippen LogP contribution in [-0.2, 0) is 4.79 Å². The molecule has 0 aliphatic carbocycles. The fourth-order valence-electron chi connectivity index (χ4n) is 2.09. The van der Waals surface area contributed by atoms with Gasteiger partial charge in [0.2, 0.25) is 0 Å². The first-order valence-electron chi connectivity index (χ1n) is 7.02. The van der Waals surface area contributed by atoms with Crippen molar-refractivity contribution in [1.29, 1.82) is 0 Å². The van der Waals surface area contributed by atoms with Crippen LogP contribution in [0.2, 0.25) is 0 Å². The molecule has 0 fully saturated rings. The number of carboxylic acid groups (broad SMARTS) is 1. The molecule has 2 N–H and O–H groups in total. The summed E-state index contributed by atoms with van der Waals surface area (Å²) in [6, 6.07) is 7.17. The molecule has 2 atom stereocenters. The molecule has 0 aromatic heterocycles. The summed E-state index contributed by atoms with van der Waals surface area (Å²) in [4.78, 5) is 22.9. The Morgan fingerprint density at radius 2 is 1.85 bits per heavy atom. The van der Waals surface area contributed by atoms with Crippen LogP contribution in [-0.4, -0.2) is 29.9 Å². The van der Waals surface area contributed by atoms with E-state index in [2.05, 4.69) is 19.2 Å². The molecule has 0 radical (unpaired) electrons. The second-order valence-electron chi connectivity index (χ2n) is 5.07. The van der Waals surface area contributed by atoms with E-state index in [-0.39, 0.29) is 12.2 Å². The number of carboxylic acids is 1. The van der Waals surface area contributed by atoms with Crippen molar-refractivity contribution >= 4 is 11.8 Å². The van der Waals surface area contributed by atoms with Gasteiger partial charge in [-0.15, -0.1) is 0 Å². The largest absolute Gasteiger partial charge is 0.481 e. The van der Waals surface area contributed by atoms with E-state index in [4.69, 9.17) is 5.11 Å². The van der Waals surface area contributed by atoms with E-state index >= 15 is 0 Å². The van der Waals surface area contributed by atoms with E-state index in [9.17, 15) is 9.59 Å². The van der Waals surface area contributed by atoms with Gasteiger partial charge in [0.1, 0.15) is 0 Å². The number of aliphatic carboxylic acids is 1. The SMILES string of the molecule is CCC(C)c1ccc(C(=O)C(CCC(=O)O)NC)cc1. The van der Waals surface area contributed by atoms with Crippen molar-refractivity contribution in [2.24, 2.45) is 0 Å². The van der Waals surface area contributed by atoms with Gasteiger partial charge in [-0.3, -0.25) is 9.59 Å². The molecule has 2 unspecified atom stereocenters. The van der Waals surface area contributed by atoms with Gasteiger partial charge in [-0.2, -0.15) is 0 Å². The van der Waals surface area contributed by atoms with Crippen LogP contribution in [0.1, 0.15) is 54.9 Å². The average Bonchev–Trinajstić information content (AvgIpc) is 2.46. The molecule has 1 aromatic carbocycles. The van der Waals surface area contributed by atoms with Crippen LogP contribution in [0.25, 0.3) is 0 Å². The lowest BCUT2D eigenvalue weighted by Crippen LogP contribution is -2.34. The van der Waals surface area contributed by atoms with Crippen LogP contribution in [0.15, 0.2) is 24.3 Å². The molecule has 0 spiro atoms. The zero-order valence-corrected chi connectivity index (χ0v) is 12.3. The highest BCUT2D eigenvalue weighted by Crippen LogP contribution is 2.19. The van der Waals surface area contributed by atoms with Crippen molar-refractivity contribution in [3.05, 3.63) is 35.4 Å². The summed E-state index contributed by atoms with van der Waals surface area (Å²) in [6.45, 7) is 4.28. The molecule has 20 heavy (non-hydrogen) atoms. The van der Waals surface area contributed by atoms with Crippen molar-refractivity contribution in [2.45, 2.75) is 45.1 Å². The maximum absolute atomic E-state index is 12.3. The smallest absolute Gasteiger partial charge is 0.303 e. The molecule has 110 valence electrons. The van der Waals surface area contributed by atoms with Crippen molar-refractivity contribution in [1.82, 2.24) is 5.32 Å². The lowest BCUT2D eigenvalue weighted by molar-refractivity contribution is -0.137. The van der Waals surface area contributed by atoms with E-state index in [0.29, 0.717) is 17.9 Å². The number of Topliss-reactive ketones (excluding diaryl/α,β-unsaturated/α-hetero) is 1. The molecule has 0 aliphatic heterocycles. The first-order chi connectivity index (χ1) is 9.49. The second kappa shape index (κ2) is 7.80. The Kier molecular flexibility index (Phi) is 6.39. The monoisotopic (exact) mass is 277 g/mol. The summed E-state index contributed by atoms with van der Waals surface area (Å²) in [5, 5.41) is 11.6. The van der Waals surface area contributed by atoms with E-state index in [1.54, 1.807) is 7.05 Å². The van der Waals surface area contributed by atoms with Gasteiger partial charge in [0.15, 0.2) is 5.78 Å². The topological polar surface area (TPSA) is 66.4 Å². The molecule has 1 rings (SSSR count). The molecule has 0 heterocycles. The number of nitrogens with one attached hydrogen (secondary N) is 1. The molecule has 0 saturated heterocycles. The van der Waals surface area contributed by atoms with Gasteiger partial charge in [0.25, 0.3) is 0 Å². The third kappa shape index (κ3) is 4.46. The molecule has 0 amide bonds. The van der Waals surface area contributed by atoms with Crippen molar-refractivity contribution in [3.63, 3.8) is 0 Å². The van der Waals surface area contributed by atoms with Crippen molar-refractivity contribution < 1.29 is 14.7 Å². The van der Waals surface area contributed by atoms with Gasteiger partial charge in [0, 0.05) is 12.0 Å². The van der Waals surface area contributed by atoms with E-state index < -0.39 is 12.0 Å². The maximum Gasteiger partial charge on any atom is 0.303 e. The highest BCUT2D eigenvalue weighted by Gasteiger charge is 2.19. The summed E-state index contributed by atoms with van der Waals surface area (Å²) in [5.41, 5.74) is 1.84. The summed E-state index contributed by atoms with van der Waals surface area (Å²) in [6.07, 6.45) is 1.35. The van der Waals surface area contributed by atoms with Gasteiger partial charge in [-0.05, 0) is 31.4 Å². The molecule has 0 aliphatic rings. The lowest BCUT2D eigenvalue weighted by atomic mass is 9.94. The Morgan fingerprint density at radius 3 is 2.30 bits per heavy atom. The number of hydrogen-bond donors (Lipinski definition) is 2. The van der Waals surface area contributed by atoms with Gasteiger partial charge in [-0.25, -0.2) is 0 Å². The Hall–Kier alpha value is -1.68. The third-order valence-corrected chi connectivity index (χ3v) is 3.69. The fourth-order valence-corrected chi connectivity index (χ4v) is 2.09. The predicted octanol–water partition coefficient (Wildman–Crippen LogP) is 2.84. The van der Waals surface area contributed by atoms with Crippen LogP contribution in [0.5, 0.6) is 0 Å².